The Morgan fingerprint density at radius 1 is 0.435 bits per heavy atom. The number of aliphatic hydroxyl groups excluding tert-OH is 2. The van der Waals surface area contributed by atoms with Gasteiger partial charge in [0.2, 0.25) is 23.4 Å². The molecule has 12 heterocycles. The summed E-state index contributed by atoms with van der Waals surface area (Å²) in [5, 5.41) is 28.6. The van der Waals surface area contributed by atoms with Crippen molar-refractivity contribution in [1.82, 2.24) is 83.7 Å². The SMILES string of the molecule is C.C.C.C.C.C.CC1(C)OB(c2cnc(OCC(F)(F)F)c(F)c2)OC1(C)C.FC(F)(Cl)c1nnc2cnc(Cl)cn12.Fc1cc(-c2cn3c(C(F)(F)Cl)nnc3cn2)cnc1OCC(F)(F)F.Fc1cc(-c2cn3c(C(F)(F)OC4CC4)nnc3cn2)cnc1OCC(F)(F)F.Fc1cc(Br)cnc1F.Fc1cc(Br)cnc1OCC(F)(F)F.OC1CC1.OCC(F)(F)F.[H-].[Na+]. The average molecular weight is 2120 g/mol. The minimum atomic E-state index is -4.66. The summed E-state index contributed by atoms with van der Waals surface area (Å²) in [6.45, 7) is -0.987. The van der Waals surface area contributed by atoms with Gasteiger partial charge in [-0.15, -0.1) is 30.6 Å². The van der Waals surface area contributed by atoms with Gasteiger partial charge in [-0.3, -0.25) is 23.2 Å². The van der Waals surface area contributed by atoms with E-state index < -0.39 is 181 Å². The van der Waals surface area contributed by atoms with Crippen LogP contribution < -0.4 is 54.0 Å². The maximum Gasteiger partial charge on any atom is 1.00 e. The van der Waals surface area contributed by atoms with E-state index in [1.807, 2.05) is 27.7 Å². The fourth-order valence-corrected chi connectivity index (χ4v) is 9.30. The zero-order chi connectivity index (χ0) is 92.8. The number of hydrogen-bond donors (Lipinski definition) is 2. The molecule has 2 aliphatic carbocycles. The molecule has 0 radical (unpaired) electrons. The molecule has 3 aliphatic rings. The van der Waals surface area contributed by atoms with Crippen LogP contribution in [0.25, 0.3) is 39.5 Å². The molecular weight excluding hydrogens is 2050 g/mol. The van der Waals surface area contributed by atoms with E-state index in [4.69, 9.17) is 54.3 Å². The Balaban J connectivity index is 0. The van der Waals surface area contributed by atoms with Crippen LogP contribution in [0.3, 0.4) is 0 Å². The Bertz CT molecular complexity index is 5410. The first-order valence-corrected chi connectivity index (χ1v) is 36.0. The minimum absolute atomic E-state index is 0. The molecule has 1 saturated heterocycles. The van der Waals surface area contributed by atoms with Gasteiger partial charge < -0.3 is 44.6 Å². The monoisotopic (exact) mass is 2120 g/mol. The number of fused-ring (bicyclic) bond motifs is 3. The van der Waals surface area contributed by atoms with Crippen LogP contribution in [0.15, 0.2) is 107 Å². The number of aliphatic hydroxyl groups is 2. The number of nitrogens with zero attached hydrogens (tertiary/aromatic N) is 17. The smallest absolute Gasteiger partial charge is 1.00 e. The Hall–Kier alpha value is -8.60. The Labute approximate surface area is 781 Å². The standard InChI is InChI=1S/C16H11F6N5O2.C13H16BF4NO3.C13H6ClF6N5O.C7H4BrF4NO.C6H2Cl2F2N4.C5H2BrF2N.C3H6O.C2H3F3O.6CH4.Na.H/c17-10-3-8(4-24-13(10)28-7-15(18,19)20)11-6-27-12(5-23-11)25-26-14(27)16(21,22)29-9-1-2-9;1-11(2)12(3,4)22-14(21-11)8-5-9(15)10(19-6-8)20-7-13(16,17)18;14-13(19,20)11-24-23-9-3-21-8(4-25(9)11)6-1-7(15)10(22-2-6)26-5-12(16,17)18;8-4-1-5(9)6(13-2-4)14-3-7(10,11)12;7-3-2-14-4(1-11-3)12-13-5(14)6(8,9)10;6-3-1-4(7)5(8)9-2-3;4-3-1-2-3;3-2(4,5)1-6;;;;;;;;/h3-6,9H,1-2,7H2;5-6H,7H2,1-4H3;1-4H,5H2;1-2H,3H2;1-2H;1-2H;3-4H,1-2H2;6H,1H2;6*1H4;;/q;;;;;;;;;;;;;;+1;-1. The van der Waals surface area contributed by atoms with Gasteiger partial charge in [0.15, 0.2) is 72.5 Å². The number of alkyl halides is 23. The maximum atomic E-state index is 14.3. The predicted molar refractivity (Wildman–Crippen MR) is 421 cm³/mol. The van der Waals surface area contributed by atoms with Gasteiger partial charge in [0.25, 0.3) is 23.5 Å². The molecule has 726 valence electrons. The average Bonchev–Trinajstić information content (AvgIpc) is 1.62. The van der Waals surface area contributed by atoms with Gasteiger partial charge in [0.1, 0.15) is 11.8 Å². The summed E-state index contributed by atoms with van der Waals surface area (Å²) in [4.78, 5) is 28.4. The summed E-state index contributed by atoms with van der Waals surface area (Å²) in [6, 6.07) is 4.62. The fourth-order valence-electron chi connectivity index (χ4n) is 8.29. The molecule has 2 N–H and O–H groups in total. The van der Waals surface area contributed by atoms with E-state index in [0.717, 1.165) is 99.8 Å². The number of pyridine rings is 5. The number of aromatic nitrogens is 17. The molecule has 0 aromatic carbocycles. The van der Waals surface area contributed by atoms with Crippen LogP contribution in [0.5, 0.6) is 23.5 Å². The first kappa shape index (κ1) is 122. The van der Waals surface area contributed by atoms with Crippen molar-refractivity contribution >= 4 is 96.2 Å². The summed E-state index contributed by atoms with van der Waals surface area (Å²) < 4.78 is 371. The molecule has 0 bridgehead atoms. The van der Waals surface area contributed by atoms with Crippen molar-refractivity contribution < 1.29 is 193 Å². The molecule has 26 nitrogen and oxygen atoms in total. The minimum Gasteiger partial charge on any atom is -1.00 e. The predicted octanol–water partition coefficient (Wildman–Crippen LogP) is 18.2. The van der Waals surface area contributed by atoms with Crippen LogP contribution in [0.4, 0.5) is 119 Å². The van der Waals surface area contributed by atoms with Crippen molar-refractivity contribution in [2.75, 3.05) is 33.0 Å². The van der Waals surface area contributed by atoms with E-state index >= 15 is 0 Å². The van der Waals surface area contributed by atoms with Crippen molar-refractivity contribution in [3.63, 3.8) is 0 Å². The van der Waals surface area contributed by atoms with E-state index in [1.54, 1.807) is 0 Å². The third-order valence-corrected chi connectivity index (χ3v) is 16.2. The second kappa shape index (κ2) is 50.1. The molecule has 60 heteroatoms. The second-order valence-corrected chi connectivity index (χ2v) is 28.7. The first-order valence-electron chi connectivity index (χ1n) is 33.3. The van der Waals surface area contributed by atoms with Gasteiger partial charge in [-0.05, 0) is 139 Å². The normalized spacial score (nSPS) is 13.8. The Morgan fingerprint density at radius 2 is 0.748 bits per heavy atom. The van der Waals surface area contributed by atoms with Crippen LogP contribution in [0, 0.1) is 35.0 Å². The van der Waals surface area contributed by atoms with Crippen LogP contribution in [-0.4, -0.2) is 188 Å². The van der Waals surface area contributed by atoms with Gasteiger partial charge >= 0.3 is 84.4 Å². The zero-order valence-electron chi connectivity index (χ0n) is 63.8. The molecule has 1 aliphatic heterocycles. The van der Waals surface area contributed by atoms with Gasteiger partial charge in [-0.25, -0.2) is 51.9 Å². The number of hydrogen-bond acceptors (Lipinski definition) is 23. The summed E-state index contributed by atoms with van der Waals surface area (Å²) >= 11 is 21.1. The fraction of sp³-hybridized carbons (Fsp3) is 0.437. The van der Waals surface area contributed by atoms with Gasteiger partial charge in [0, 0.05) is 75.1 Å². The molecule has 0 atom stereocenters. The summed E-state index contributed by atoms with van der Waals surface area (Å²) in [5.74, 6) is -11.7. The quantitative estimate of drug-likeness (QED) is 0.0393. The first-order chi connectivity index (χ1) is 57.1. The third kappa shape index (κ3) is 39.5. The molecule has 0 spiro atoms. The second-order valence-electron chi connectivity index (χ2n) is 25.5. The van der Waals surface area contributed by atoms with E-state index in [1.165, 1.54) is 24.8 Å². The molecule has 0 unspecified atom stereocenters. The summed E-state index contributed by atoms with van der Waals surface area (Å²) in [6.07, 6.45) is -11.5. The number of ether oxygens (including phenoxy) is 5. The van der Waals surface area contributed by atoms with E-state index in [0.29, 0.717) is 21.8 Å². The van der Waals surface area contributed by atoms with E-state index in [9.17, 15) is 119 Å². The van der Waals surface area contributed by atoms with Crippen molar-refractivity contribution in [2.24, 2.45) is 0 Å². The molecule has 2 saturated carbocycles. The molecule has 11 aromatic rings. The van der Waals surface area contributed by atoms with Crippen LogP contribution in [-0.2, 0) is 30.9 Å². The van der Waals surface area contributed by atoms with Crippen LogP contribution in [0.1, 0.15) is 117 Å². The van der Waals surface area contributed by atoms with E-state index in [-0.39, 0.29) is 132 Å². The molecule has 3 fully saturated rings. The summed E-state index contributed by atoms with van der Waals surface area (Å²) in [7, 11) is -0.844. The van der Waals surface area contributed by atoms with Gasteiger partial charge in [-0.2, -0.15) is 96.6 Å². The third-order valence-electron chi connectivity index (χ3n) is 14.8. The van der Waals surface area contributed by atoms with E-state index in [2.05, 4.69) is 126 Å². The largest absolute Gasteiger partial charge is 1.00 e. The molecule has 14 rings (SSSR count). The van der Waals surface area contributed by atoms with Crippen molar-refractivity contribution in [1.29, 1.82) is 0 Å². The van der Waals surface area contributed by atoms with Crippen molar-refractivity contribution in [3.8, 4) is 46.0 Å². The van der Waals surface area contributed by atoms with Crippen molar-refractivity contribution in [3.05, 3.63) is 165 Å². The van der Waals surface area contributed by atoms with Crippen LogP contribution >= 0.6 is 66.7 Å². The molecule has 0 amide bonds. The molecular formula is C71H75BBr2Cl3F27N17NaO9. The maximum absolute atomic E-state index is 14.3. The van der Waals surface area contributed by atoms with Crippen molar-refractivity contribution in [2.45, 2.75) is 169 Å². The van der Waals surface area contributed by atoms with Gasteiger partial charge in [0.05, 0.1) is 53.4 Å². The van der Waals surface area contributed by atoms with Crippen LogP contribution in [0.2, 0.25) is 5.15 Å². The number of halogens is 32. The molecule has 131 heavy (non-hydrogen) atoms. The summed E-state index contributed by atoms with van der Waals surface area (Å²) in [5.41, 5.74) is -0.817. The van der Waals surface area contributed by atoms with Gasteiger partial charge in [-0.1, -0.05) is 56.2 Å². The number of rotatable bonds is 16. The Morgan fingerprint density at radius 3 is 1.06 bits per heavy atom. The topological polar surface area (TPSA) is 299 Å². The molecule has 11 aromatic heterocycles. The zero-order valence-corrected chi connectivity index (χ0v) is 70.2. The Kier molecular flexibility index (Phi) is 46.8.